The molecule has 0 aromatic carbocycles. The molecule has 0 bridgehead atoms. The molecule has 222 valence electrons. The summed E-state index contributed by atoms with van der Waals surface area (Å²) in [5.74, 6) is 0.926. The van der Waals surface area contributed by atoms with E-state index in [2.05, 4.69) is 26.7 Å². The Hall–Kier alpha value is -1.59. The molecule has 0 unspecified atom stereocenters. The number of quaternary nitrogens is 4. The first kappa shape index (κ1) is 36.4. The SMILES string of the molecule is CCCCCCc1nc(NC)c2ncn([C@H]3C[C@H](OP(=O)([O-])[O-])[C@@]4(COP(=O)([O-])[O-])C[C@H]34)c2n1.[NH4+].[NH4+].[NH4+].[NH4+]. The molecule has 2 aromatic rings. The third kappa shape index (κ3) is 7.75. The number of nitrogens with zero attached hydrogens (tertiary/aromatic N) is 4. The lowest BCUT2D eigenvalue weighted by Crippen LogP contribution is -2.32. The van der Waals surface area contributed by atoms with E-state index in [0.29, 0.717) is 35.6 Å². The summed E-state index contributed by atoms with van der Waals surface area (Å²) in [5.41, 5.74) is 0.00880. The van der Waals surface area contributed by atoms with E-state index in [1.807, 2.05) is 0 Å². The average molecular weight is 588 g/mol. The van der Waals surface area contributed by atoms with E-state index < -0.39 is 33.8 Å². The lowest BCUT2D eigenvalue weighted by Gasteiger charge is -2.37. The van der Waals surface area contributed by atoms with Gasteiger partial charge in [0, 0.05) is 24.9 Å². The van der Waals surface area contributed by atoms with Gasteiger partial charge in [-0.2, -0.15) is 0 Å². The maximum Gasteiger partial charge on any atom is 0.166 e. The van der Waals surface area contributed by atoms with Gasteiger partial charge in [-0.25, -0.2) is 15.0 Å². The van der Waals surface area contributed by atoms with Crippen molar-refractivity contribution in [1.29, 1.82) is 0 Å². The molecule has 2 aromatic heterocycles. The Kier molecular flexibility index (Phi) is 13.1. The number of aryl methyl sites for hydroxylation is 1. The Morgan fingerprint density at radius 1 is 1.08 bits per heavy atom. The average Bonchev–Trinajstić information content (AvgIpc) is 3.22. The van der Waals surface area contributed by atoms with Crippen molar-refractivity contribution in [3.8, 4) is 0 Å². The summed E-state index contributed by atoms with van der Waals surface area (Å²) in [5, 5.41) is 3.03. The zero-order valence-corrected chi connectivity index (χ0v) is 24.7. The molecule has 17 nitrogen and oxygen atoms in total. The lowest BCUT2D eigenvalue weighted by atomic mass is 10.0. The number of rotatable bonds is 12. The van der Waals surface area contributed by atoms with Crippen LogP contribution in [0.3, 0.4) is 0 Å². The zero-order valence-electron chi connectivity index (χ0n) is 22.9. The molecule has 2 aliphatic carbocycles. The lowest BCUT2D eigenvalue weighted by molar-refractivity contribution is -0.347. The van der Waals surface area contributed by atoms with Crippen molar-refractivity contribution in [1.82, 2.24) is 44.1 Å². The van der Waals surface area contributed by atoms with Gasteiger partial charge < -0.3 is 72.2 Å². The van der Waals surface area contributed by atoms with Gasteiger partial charge in [-0.3, -0.25) is 0 Å². The molecule has 2 fully saturated rings. The van der Waals surface area contributed by atoms with E-state index in [4.69, 9.17) is 9.51 Å². The fraction of sp³-hybridized carbons (Fsp3) is 0.737. The first-order valence-corrected chi connectivity index (χ1v) is 14.2. The van der Waals surface area contributed by atoms with E-state index in [1.165, 1.54) is 0 Å². The number of nitrogens with one attached hydrogen (secondary N) is 1. The highest BCUT2D eigenvalue weighted by atomic mass is 31.2. The van der Waals surface area contributed by atoms with Crippen molar-refractivity contribution in [3.05, 3.63) is 12.2 Å². The molecule has 0 aliphatic heterocycles. The minimum atomic E-state index is -5.36. The number of phosphoric ester groups is 2. The number of hydrogen-bond acceptors (Lipinski definition) is 12. The van der Waals surface area contributed by atoms with Gasteiger partial charge in [0.1, 0.15) is 11.3 Å². The minimum Gasteiger partial charge on any atom is -0.790 e. The van der Waals surface area contributed by atoms with E-state index in [1.54, 1.807) is 17.9 Å². The molecular weight excluding hydrogens is 544 g/mol. The maximum absolute atomic E-state index is 11.4. The van der Waals surface area contributed by atoms with Crippen LogP contribution in [0.5, 0.6) is 0 Å². The van der Waals surface area contributed by atoms with Crippen LogP contribution in [0, 0.1) is 11.3 Å². The Balaban J connectivity index is 0.00000342. The van der Waals surface area contributed by atoms with Crippen LogP contribution in [-0.4, -0.2) is 39.3 Å². The smallest absolute Gasteiger partial charge is 0.166 e. The highest BCUT2D eigenvalue weighted by Crippen LogP contribution is 2.70. The van der Waals surface area contributed by atoms with Crippen molar-refractivity contribution in [2.75, 3.05) is 19.0 Å². The number of imidazole rings is 1. The van der Waals surface area contributed by atoms with Gasteiger partial charge in [0.2, 0.25) is 0 Å². The van der Waals surface area contributed by atoms with E-state index in [9.17, 15) is 28.7 Å². The van der Waals surface area contributed by atoms with Gasteiger partial charge >= 0.3 is 0 Å². The summed E-state index contributed by atoms with van der Waals surface area (Å²) in [7, 11) is -8.93. The van der Waals surface area contributed by atoms with Crippen molar-refractivity contribution in [3.63, 3.8) is 0 Å². The van der Waals surface area contributed by atoms with Gasteiger partial charge in [0.05, 0.1) is 34.7 Å². The molecule has 0 radical (unpaired) electrons. The van der Waals surface area contributed by atoms with Gasteiger partial charge in [0.15, 0.2) is 11.5 Å². The summed E-state index contributed by atoms with van der Waals surface area (Å²) in [4.78, 5) is 58.5. The standard InChI is InChI=1S/C19H31N5O8P2.4H3N/c1-3-4-5-6-7-15-22-17(20-2)16-18(23-15)24(11-21-16)13-8-14(32-34(28,29)30)19(9-12(13)19)10-31-33(25,26)27;;;;/h11-14H,3-10H2,1-2H3,(H,20,22,23)(H2,25,26,27)(H2,28,29,30);4*1H3/t12-,13+,14+,19-;;;;/m1..../s1. The fourth-order valence-corrected chi connectivity index (χ4v) is 6.13. The third-order valence-electron chi connectivity index (χ3n) is 6.80. The Morgan fingerprint density at radius 3 is 2.34 bits per heavy atom. The Bertz CT molecular complexity index is 1140. The number of phosphoric acid groups is 2. The quantitative estimate of drug-likeness (QED) is 0.174. The molecule has 2 heterocycles. The molecule has 0 spiro atoms. The van der Waals surface area contributed by atoms with E-state index in [-0.39, 0.29) is 43.0 Å². The topological polar surface area (TPSA) is 346 Å². The highest BCUT2D eigenvalue weighted by Gasteiger charge is 2.68. The van der Waals surface area contributed by atoms with Crippen molar-refractivity contribution in [2.24, 2.45) is 11.3 Å². The van der Waals surface area contributed by atoms with Crippen LogP contribution in [0.25, 0.3) is 11.2 Å². The van der Waals surface area contributed by atoms with Gasteiger partial charge in [-0.05, 0) is 25.2 Å². The normalized spacial score (nSPS) is 23.9. The number of hydrogen-bond donors (Lipinski definition) is 5. The van der Waals surface area contributed by atoms with Crippen LogP contribution >= 0.6 is 15.6 Å². The molecule has 0 amide bonds. The van der Waals surface area contributed by atoms with Crippen LogP contribution in [-0.2, 0) is 24.6 Å². The first-order valence-electron chi connectivity index (χ1n) is 11.3. The van der Waals surface area contributed by atoms with Crippen LogP contribution in [0.2, 0.25) is 0 Å². The van der Waals surface area contributed by atoms with Crippen LogP contribution in [0.15, 0.2) is 6.33 Å². The Morgan fingerprint density at radius 2 is 1.76 bits per heavy atom. The van der Waals surface area contributed by atoms with Crippen LogP contribution in [0.1, 0.15) is 57.3 Å². The van der Waals surface area contributed by atoms with Crippen molar-refractivity contribution >= 4 is 32.6 Å². The minimum absolute atomic E-state index is 0. The summed E-state index contributed by atoms with van der Waals surface area (Å²) >= 11 is 0. The van der Waals surface area contributed by atoms with E-state index in [0.717, 1.165) is 25.7 Å². The molecule has 38 heavy (non-hydrogen) atoms. The second-order valence-corrected chi connectivity index (χ2v) is 11.2. The van der Waals surface area contributed by atoms with Crippen molar-refractivity contribution < 1.29 is 37.8 Å². The number of anilines is 1. The van der Waals surface area contributed by atoms with Crippen LogP contribution < -0.4 is 49.5 Å². The zero-order chi connectivity index (χ0) is 24.7. The molecule has 4 rings (SSSR count). The largest absolute Gasteiger partial charge is 0.790 e. The predicted molar refractivity (Wildman–Crippen MR) is 137 cm³/mol. The first-order chi connectivity index (χ1) is 16.0. The number of unbranched alkanes of at least 4 members (excludes halogenated alkanes) is 3. The number of aromatic nitrogens is 4. The highest BCUT2D eigenvalue weighted by molar-refractivity contribution is 7.43. The van der Waals surface area contributed by atoms with E-state index >= 15 is 0 Å². The molecular formula is C19H43N9O8P2. The molecule has 0 saturated heterocycles. The second kappa shape index (κ2) is 13.7. The molecule has 4 atom stereocenters. The second-order valence-electron chi connectivity index (χ2n) is 8.98. The molecule has 2 aliphatic rings. The fourth-order valence-electron chi connectivity index (χ4n) is 5.13. The number of fused-ring (bicyclic) bond motifs is 2. The summed E-state index contributed by atoms with van der Waals surface area (Å²) < 4.78 is 33.5. The van der Waals surface area contributed by atoms with Crippen LogP contribution in [0.4, 0.5) is 5.82 Å². The maximum atomic E-state index is 11.4. The molecule has 19 heteroatoms. The Labute approximate surface area is 221 Å². The molecule has 17 N–H and O–H groups in total. The summed E-state index contributed by atoms with van der Waals surface area (Å²) in [6.07, 6.45) is 5.79. The third-order valence-corrected chi connectivity index (χ3v) is 7.76. The van der Waals surface area contributed by atoms with Gasteiger partial charge in [0.25, 0.3) is 0 Å². The predicted octanol–water partition coefficient (Wildman–Crippen LogP) is 1.51. The summed E-state index contributed by atoms with van der Waals surface area (Å²) in [6, 6.07) is -0.379. The van der Waals surface area contributed by atoms with Gasteiger partial charge in [-0.1, -0.05) is 26.2 Å². The summed E-state index contributed by atoms with van der Waals surface area (Å²) in [6.45, 7) is 1.59. The molecule has 2 saturated carbocycles. The van der Waals surface area contributed by atoms with Crippen molar-refractivity contribution in [2.45, 2.75) is 64.0 Å². The van der Waals surface area contributed by atoms with Gasteiger partial charge in [-0.15, -0.1) is 0 Å². The monoisotopic (exact) mass is 587 g/mol.